The summed E-state index contributed by atoms with van der Waals surface area (Å²) in [5, 5.41) is 0. The first-order chi connectivity index (χ1) is 11.7. The molecule has 3 rings (SSSR count). The third-order valence-electron chi connectivity index (χ3n) is 4.37. The summed E-state index contributed by atoms with van der Waals surface area (Å²) in [6, 6.07) is 8.23. The lowest BCUT2D eigenvalue weighted by molar-refractivity contribution is 0.0324. The Morgan fingerprint density at radius 2 is 1.83 bits per heavy atom. The van der Waals surface area contributed by atoms with Gasteiger partial charge in [0.05, 0.1) is 32.9 Å². The molecule has 7 heteroatoms. The number of benzene rings is 1. The van der Waals surface area contributed by atoms with Crippen LogP contribution in [0.25, 0.3) is 0 Å². The van der Waals surface area contributed by atoms with Crippen LogP contribution in [-0.4, -0.2) is 78.1 Å². The lowest BCUT2D eigenvalue weighted by Gasteiger charge is -2.38. The highest BCUT2D eigenvalue weighted by Gasteiger charge is 2.22. The molecule has 2 aliphatic rings. The molecule has 0 amide bonds. The van der Waals surface area contributed by atoms with Crippen LogP contribution < -0.4 is 4.74 Å². The van der Waals surface area contributed by atoms with Crippen LogP contribution in [0.15, 0.2) is 24.3 Å². The largest absolute Gasteiger partial charge is 0.497 e. The normalized spacial score (nSPS) is 20.4. The van der Waals surface area contributed by atoms with E-state index in [-0.39, 0.29) is 0 Å². The van der Waals surface area contributed by atoms with E-state index in [9.17, 15) is 0 Å². The fourth-order valence-electron chi connectivity index (χ4n) is 2.89. The highest BCUT2D eigenvalue weighted by molar-refractivity contribution is 8.22. The molecule has 0 N–H and O–H groups in total. The molecular formula is C17H25N3O2S2. The predicted molar refractivity (Wildman–Crippen MR) is 102 cm³/mol. The molecule has 0 aliphatic carbocycles. The van der Waals surface area contributed by atoms with Crippen LogP contribution in [0.5, 0.6) is 5.75 Å². The van der Waals surface area contributed by atoms with Crippen LogP contribution in [0.1, 0.15) is 5.56 Å². The van der Waals surface area contributed by atoms with Gasteiger partial charge in [-0.25, -0.2) is 0 Å². The highest BCUT2D eigenvalue weighted by Crippen LogP contribution is 2.21. The van der Waals surface area contributed by atoms with Crippen molar-refractivity contribution >= 4 is 28.3 Å². The number of methoxy groups -OCH3 is 1. The molecule has 0 bridgehead atoms. The SMILES string of the molecule is COc1ccc(CN2CN(CCN3CCOCC3)CSC2=S)cc1. The predicted octanol–water partition coefficient (Wildman–Crippen LogP) is 2.08. The third kappa shape index (κ3) is 5.07. The molecule has 5 nitrogen and oxygen atoms in total. The molecule has 1 aromatic carbocycles. The first kappa shape index (κ1) is 17.9. The van der Waals surface area contributed by atoms with E-state index in [1.807, 2.05) is 12.1 Å². The average molecular weight is 368 g/mol. The number of thioether (sulfide) groups is 1. The quantitative estimate of drug-likeness (QED) is 0.711. The monoisotopic (exact) mass is 367 g/mol. The zero-order valence-electron chi connectivity index (χ0n) is 14.1. The lowest BCUT2D eigenvalue weighted by Crippen LogP contribution is -2.48. The highest BCUT2D eigenvalue weighted by atomic mass is 32.2. The van der Waals surface area contributed by atoms with Gasteiger partial charge in [-0.2, -0.15) is 0 Å². The summed E-state index contributed by atoms with van der Waals surface area (Å²) in [5.41, 5.74) is 1.26. The van der Waals surface area contributed by atoms with E-state index in [1.165, 1.54) is 5.56 Å². The molecule has 0 atom stereocenters. The zero-order valence-corrected chi connectivity index (χ0v) is 15.8. The standard InChI is InChI=1S/C17H25N3O2S2/c1-21-16-4-2-15(3-5-16)12-20-13-19(14-24-17(20)23)7-6-18-8-10-22-11-9-18/h2-5H,6-14H2,1H3. The van der Waals surface area contributed by atoms with Crippen LogP contribution >= 0.6 is 24.0 Å². The fourth-order valence-corrected chi connectivity index (χ4v) is 3.98. The Bertz CT molecular complexity index is 535. The first-order valence-corrected chi connectivity index (χ1v) is 9.71. The fraction of sp³-hybridized carbons (Fsp3) is 0.588. The molecule has 2 heterocycles. The minimum Gasteiger partial charge on any atom is -0.497 e. The maximum Gasteiger partial charge on any atom is 0.138 e. The molecule has 0 radical (unpaired) electrons. The van der Waals surface area contributed by atoms with E-state index in [2.05, 4.69) is 26.8 Å². The van der Waals surface area contributed by atoms with Gasteiger partial charge in [0, 0.05) is 32.7 Å². The second kappa shape index (κ2) is 9.01. The number of nitrogens with zero attached hydrogens (tertiary/aromatic N) is 3. The van der Waals surface area contributed by atoms with Crippen LogP contribution in [0.2, 0.25) is 0 Å². The van der Waals surface area contributed by atoms with Gasteiger partial charge in [-0.1, -0.05) is 36.1 Å². The third-order valence-corrected chi connectivity index (χ3v) is 5.98. The van der Waals surface area contributed by atoms with Gasteiger partial charge in [0.25, 0.3) is 0 Å². The Balaban J connectivity index is 1.49. The van der Waals surface area contributed by atoms with Crippen molar-refractivity contribution in [3.05, 3.63) is 29.8 Å². The maximum absolute atomic E-state index is 5.55. The summed E-state index contributed by atoms with van der Waals surface area (Å²) in [6.45, 7) is 7.77. The number of thiocarbonyl (C=S) groups is 1. The number of morpholine rings is 1. The molecule has 24 heavy (non-hydrogen) atoms. The Labute approximate surface area is 153 Å². The molecule has 132 valence electrons. The van der Waals surface area contributed by atoms with Gasteiger partial charge in [-0.3, -0.25) is 9.80 Å². The van der Waals surface area contributed by atoms with Crippen molar-refractivity contribution in [1.82, 2.24) is 14.7 Å². The van der Waals surface area contributed by atoms with Crippen molar-refractivity contribution in [2.45, 2.75) is 6.54 Å². The maximum atomic E-state index is 5.55. The van der Waals surface area contributed by atoms with Crippen LogP contribution in [0.4, 0.5) is 0 Å². The van der Waals surface area contributed by atoms with Gasteiger partial charge in [-0.05, 0) is 17.7 Å². The smallest absolute Gasteiger partial charge is 0.138 e. The van der Waals surface area contributed by atoms with Gasteiger partial charge in [0.1, 0.15) is 10.1 Å². The van der Waals surface area contributed by atoms with Gasteiger partial charge >= 0.3 is 0 Å². The van der Waals surface area contributed by atoms with Gasteiger partial charge in [-0.15, -0.1) is 0 Å². The summed E-state index contributed by atoms with van der Waals surface area (Å²) in [6.07, 6.45) is 0. The minimum absolute atomic E-state index is 0.851. The Hall–Kier alpha value is -0.860. The van der Waals surface area contributed by atoms with E-state index < -0.39 is 0 Å². The second-order valence-corrected chi connectivity index (χ2v) is 7.65. The molecule has 0 saturated carbocycles. The Morgan fingerprint density at radius 3 is 2.54 bits per heavy atom. The number of rotatable bonds is 6. The molecular weight excluding hydrogens is 342 g/mol. The van der Waals surface area contributed by atoms with Gasteiger partial charge in [0.2, 0.25) is 0 Å². The van der Waals surface area contributed by atoms with E-state index in [0.29, 0.717) is 0 Å². The molecule has 0 spiro atoms. The second-order valence-electron chi connectivity index (χ2n) is 6.08. The molecule has 0 unspecified atom stereocenters. The molecule has 1 aromatic rings. The van der Waals surface area contributed by atoms with Crippen molar-refractivity contribution in [2.75, 3.05) is 59.0 Å². The first-order valence-electron chi connectivity index (χ1n) is 8.31. The van der Waals surface area contributed by atoms with E-state index in [4.69, 9.17) is 21.7 Å². The van der Waals surface area contributed by atoms with Gasteiger partial charge < -0.3 is 14.4 Å². The molecule has 2 fully saturated rings. The van der Waals surface area contributed by atoms with Crippen molar-refractivity contribution < 1.29 is 9.47 Å². The zero-order chi connectivity index (χ0) is 16.8. The van der Waals surface area contributed by atoms with Crippen LogP contribution in [0.3, 0.4) is 0 Å². The molecule has 0 aromatic heterocycles. The van der Waals surface area contributed by atoms with E-state index in [1.54, 1.807) is 18.9 Å². The average Bonchev–Trinajstić information content (AvgIpc) is 2.64. The Morgan fingerprint density at radius 1 is 1.12 bits per heavy atom. The minimum atomic E-state index is 0.851. The number of hydrogen-bond acceptors (Lipinski definition) is 6. The number of ether oxygens (including phenoxy) is 2. The summed E-state index contributed by atoms with van der Waals surface area (Å²) in [7, 11) is 1.69. The van der Waals surface area contributed by atoms with E-state index in [0.717, 1.165) is 68.6 Å². The summed E-state index contributed by atoms with van der Waals surface area (Å²) in [5.74, 6) is 1.88. The van der Waals surface area contributed by atoms with Crippen molar-refractivity contribution in [2.24, 2.45) is 0 Å². The topological polar surface area (TPSA) is 28.2 Å². The van der Waals surface area contributed by atoms with Crippen molar-refractivity contribution in [1.29, 1.82) is 0 Å². The van der Waals surface area contributed by atoms with Crippen molar-refractivity contribution in [3.63, 3.8) is 0 Å². The van der Waals surface area contributed by atoms with E-state index >= 15 is 0 Å². The van der Waals surface area contributed by atoms with Crippen LogP contribution in [-0.2, 0) is 11.3 Å². The summed E-state index contributed by atoms with van der Waals surface area (Å²) >= 11 is 7.31. The van der Waals surface area contributed by atoms with Gasteiger partial charge in [0.15, 0.2) is 0 Å². The van der Waals surface area contributed by atoms with Crippen LogP contribution in [0, 0.1) is 0 Å². The molecule has 2 saturated heterocycles. The lowest BCUT2D eigenvalue weighted by atomic mass is 10.2. The van der Waals surface area contributed by atoms with Crippen molar-refractivity contribution in [3.8, 4) is 5.75 Å². The molecule has 2 aliphatic heterocycles. The number of hydrogen-bond donors (Lipinski definition) is 0. The summed E-state index contributed by atoms with van der Waals surface area (Å²) in [4.78, 5) is 7.24. The summed E-state index contributed by atoms with van der Waals surface area (Å²) < 4.78 is 11.6. The Kier molecular flexibility index (Phi) is 6.74.